The number of likely N-dealkylation sites (N-methyl/N-ethyl adjacent to an activating group) is 1. The van der Waals surface area contributed by atoms with Crippen LogP contribution in [0.4, 0.5) is 0 Å². The van der Waals surface area contributed by atoms with Crippen molar-refractivity contribution in [2.45, 2.75) is 108 Å². The number of hydrogen-bond donors (Lipinski definition) is 0. The fourth-order valence-corrected chi connectivity index (χ4v) is 19.7. The summed E-state index contributed by atoms with van der Waals surface area (Å²) in [6, 6.07) is 21.1. The van der Waals surface area contributed by atoms with E-state index in [1.807, 2.05) is 22.3 Å². The van der Waals surface area contributed by atoms with Crippen molar-refractivity contribution >= 4 is 70.6 Å². The molecule has 10 aliphatic carbocycles. The summed E-state index contributed by atoms with van der Waals surface area (Å²) in [5.74, 6) is 3.85. The molecule has 62 heavy (non-hydrogen) atoms. The third-order valence-corrected chi connectivity index (χ3v) is 20.9. The predicted molar refractivity (Wildman–Crippen MR) is 256 cm³/mol. The molecular weight excluding hydrogens is 747 g/mol. The molecule has 1 heteroatoms. The Hall–Kier alpha value is -4.72. The Morgan fingerprint density at radius 2 is 1.44 bits per heavy atom. The monoisotopic (exact) mass is 799 g/mol. The topological polar surface area (TPSA) is 3.24 Å². The lowest BCUT2D eigenvalue weighted by atomic mass is 9.51. The molecule has 1 aliphatic heterocycles. The van der Waals surface area contributed by atoms with Gasteiger partial charge in [-0.2, -0.15) is 0 Å². The molecule has 0 radical (unpaired) electrons. The highest BCUT2D eigenvalue weighted by molar-refractivity contribution is 6.47. The molecule has 2 spiro atoms. The van der Waals surface area contributed by atoms with Crippen LogP contribution in [0, 0.1) is 35.0 Å². The Balaban J connectivity index is 0.895. The lowest BCUT2D eigenvalue weighted by Crippen LogP contribution is -2.46. The SMILES string of the molecule is CCCCCCCCCCCCc1ccc(C2N(C)CC34C5=C6C7=C3C(C)C3=c8ccc9c%10ccc%11c%12c%13c%14c(c5c5c(c8c9c(c5%14)c%12%10)C324)=C2C6C(C=C7)C3C=CC%11C%13C23)cc1. The Bertz CT molecular complexity index is 3620. The summed E-state index contributed by atoms with van der Waals surface area (Å²) >= 11 is 0. The van der Waals surface area contributed by atoms with E-state index in [1.54, 1.807) is 92.5 Å². The fraction of sp³-hybridized carbons (Fsp3) is 0.410. The second-order valence-corrected chi connectivity index (χ2v) is 22.8. The van der Waals surface area contributed by atoms with Gasteiger partial charge in [0.15, 0.2) is 0 Å². The normalized spacial score (nSPS) is 34.4. The van der Waals surface area contributed by atoms with Crippen molar-refractivity contribution in [1.29, 1.82) is 0 Å². The Morgan fingerprint density at radius 1 is 0.677 bits per heavy atom. The van der Waals surface area contributed by atoms with Crippen molar-refractivity contribution < 1.29 is 0 Å². The van der Waals surface area contributed by atoms with Crippen LogP contribution in [0.3, 0.4) is 0 Å². The molecule has 7 aromatic rings. The second kappa shape index (κ2) is 10.1. The van der Waals surface area contributed by atoms with E-state index in [9.17, 15) is 0 Å². The first-order valence-corrected chi connectivity index (χ1v) is 25.4. The fourth-order valence-electron chi connectivity index (χ4n) is 19.7. The molecule has 10 unspecified atom stereocenters. The number of unbranched alkanes of at least 4 members (excludes halogenated alkanes) is 9. The molecule has 0 aromatic heterocycles. The molecular formula is C61H53N. The highest BCUT2D eigenvalue weighted by Crippen LogP contribution is 2.86. The molecule has 1 saturated heterocycles. The smallest absolute Gasteiger partial charge is 0.0533 e. The molecule has 1 heterocycles. The molecule has 302 valence electrons. The van der Waals surface area contributed by atoms with Gasteiger partial charge in [-0.15, -0.1) is 0 Å². The lowest BCUT2D eigenvalue weighted by Gasteiger charge is -2.49. The van der Waals surface area contributed by atoms with Crippen molar-refractivity contribution in [2.75, 3.05) is 13.6 Å². The van der Waals surface area contributed by atoms with Crippen LogP contribution in [0.25, 0.3) is 70.6 Å². The molecule has 1 nitrogen and oxygen atoms in total. The van der Waals surface area contributed by atoms with Crippen molar-refractivity contribution in [2.24, 2.45) is 35.0 Å². The van der Waals surface area contributed by atoms with Crippen LogP contribution < -0.4 is 10.4 Å². The van der Waals surface area contributed by atoms with Crippen LogP contribution in [-0.2, 0) is 11.8 Å². The molecule has 0 amide bonds. The zero-order valence-corrected chi connectivity index (χ0v) is 36.5. The van der Waals surface area contributed by atoms with E-state index in [-0.39, 0.29) is 10.8 Å². The summed E-state index contributed by atoms with van der Waals surface area (Å²) in [7, 11) is 2.53. The van der Waals surface area contributed by atoms with Gasteiger partial charge in [0.2, 0.25) is 0 Å². The zero-order valence-electron chi connectivity index (χ0n) is 36.5. The zero-order chi connectivity index (χ0) is 40.0. The summed E-state index contributed by atoms with van der Waals surface area (Å²) < 4.78 is 0. The van der Waals surface area contributed by atoms with E-state index in [4.69, 9.17) is 0 Å². The van der Waals surface area contributed by atoms with Gasteiger partial charge in [0, 0.05) is 41.7 Å². The third-order valence-electron chi connectivity index (χ3n) is 20.9. The Kier molecular flexibility index (Phi) is 5.37. The third kappa shape index (κ3) is 2.89. The maximum absolute atomic E-state index is 2.89. The average molecular weight is 800 g/mol. The number of allylic oxidation sites excluding steroid dienone is 6. The van der Waals surface area contributed by atoms with Crippen molar-refractivity contribution in [3.05, 3.63) is 133 Å². The van der Waals surface area contributed by atoms with Crippen LogP contribution in [0.5, 0.6) is 0 Å². The van der Waals surface area contributed by atoms with E-state index in [0.29, 0.717) is 47.5 Å². The van der Waals surface area contributed by atoms with E-state index < -0.39 is 0 Å². The maximum atomic E-state index is 2.89. The van der Waals surface area contributed by atoms with Crippen molar-refractivity contribution in [3.8, 4) is 0 Å². The predicted octanol–water partition coefficient (Wildman–Crippen LogP) is 13.0. The molecule has 10 atom stereocenters. The number of hydrogen-bond acceptors (Lipinski definition) is 1. The number of likely N-dealkylation sites (tertiary alicyclic amines) is 1. The first kappa shape index (κ1) is 32.9. The molecule has 18 rings (SSSR count). The standard InChI is InChI=1S/C61H53N/c1-4-5-6-7-8-9-10-11-12-13-14-29-15-17-30(18-16-29)59-61-56-28(2)55-37-25-23-35-33-21-19-31-32-20-22-34-36-24-26-38(56)46-44(36)49-42(34)40(32)47-39(31)41(33)48-43(35)45(37)57(60(55,61)27-62(59)3)53-51(48)50(47)52(49)54(53)58(46)61/h15-26,28,31,33,35,39,41,43,59H,4-14,27H2,1-3H3. The number of nitrogens with zero attached hydrogens (tertiary/aromatic N) is 1. The molecule has 7 aromatic carbocycles. The number of aryl methyl sites for hydroxylation is 1. The van der Waals surface area contributed by atoms with Crippen LogP contribution in [-0.4, -0.2) is 18.5 Å². The second-order valence-electron chi connectivity index (χ2n) is 22.8. The van der Waals surface area contributed by atoms with Gasteiger partial charge in [-0.05, 0) is 169 Å². The van der Waals surface area contributed by atoms with Crippen molar-refractivity contribution in [3.63, 3.8) is 0 Å². The summed E-state index contributed by atoms with van der Waals surface area (Å²) in [4.78, 5) is 2.89. The lowest BCUT2D eigenvalue weighted by molar-refractivity contribution is 0.279. The van der Waals surface area contributed by atoms with E-state index in [0.717, 1.165) is 6.54 Å². The Morgan fingerprint density at radius 3 is 2.26 bits per heavy atom. The summed E-state index contributed by atoms with van der Waals surface area (Å²) in [6.45, 7) is 6.11. The summed E-state index contributed by atoms with van der Waals surface area (Å²) in [6.07, 6.45) is 26.1. The number of benzene rings is 5. The van der Waals surface area contributed by atoms with E-state index in [2.05, 4.69) is 98.6 Å². The van der Waals surface area contributed by atoms with Crippen LogP contribution >= 0.6 is 0 Å². The van der Waals surface area contributed by atoms with Crippen LogP contribution in [0.15, 0.2) is 89.6 Å². The van der Waals surface area contributed by atoms with Gasteiger partial charge in [-0.1, -0.05) is 144 Å². The van der Waals surface area contributed by atoms with Gasteiger partial charge in [0.1, 0.15) is 0 Å². The highest BCUT2D eigenvalue weighted by atomic mass is 15.2. The summed E-state index contributed by atoms with van der Waals surface area (Å²) in [5, 5.41) is 19.9. The number of fused-ring (bicyclic) bond motifs is 3. The first-order valence-electron chi connectivity index (χ1n) is 25.4. The minimum atomic E-state index is -0.109. The molecule has 11 aliphatic rings. The molecule has 3 fully saturated rings. The van der Waals surface area contributed by atoms with E-state index in [1.165, 1.54) is 87.0 Å². The number of rotatable bonds is 12. The van der Waals surface area contributed by atoms with Gasteiger partial charge in [0.05, 0.1) is 5.41 Å². The minimum Gasteiger partial charge on any atom is -0.297 e. The van der Waals surface area contributed by atoms with Gasteiger partial charge < -0.3 is 0 Å². The van der Waals surface area contributed by atoms with Gasteiger partial charge >= 0.3 is 0 Å². The van der Waals surface area contributed by atoms with Crippen LogP contribution in [0.2, 0.25) is 0 Å². The quantitative estimate of drug-likeness (QED) is 0.0676. The summed E-state index contributed by atoms with van der Waals surface area (Å²) in [5.41, 5.74) is 20.7. The largest absolute Gasteiger partial charge is 0.297 e. The van der Waals surface area contributed by atoms with Gasteiger partial charge in [-0.3, -0.25) is 4.90 Å². The van der Waals surface area contributed by atoms with Gasteiger partial charge in [-0.25, -0.2) is 0 Å². The van der Waals surface area contributed by atoms with Gasteiger partial charge in [0.25, 0.3) is 0 Å². The minimum absolute atomic E-state index is 0.0354. The first-order chi connectivity index (χ1) is 30.6. The van der Waals surface area contributed by atoms with E-state index >= 15 is 0 Å². The highest BCUT2D eigenvalue weighted by Gasteiger charge is 2.80. The maximum Gasteiger partial charge on any atom is 0.0533 e. The van der Waals surface area contributed by atoms with Crippen molar-refractivity contribution in [1.82, 2.24) is 4.90 Å². The molecule has 0 N–H and O–H groups in total. The Labute approximate surface area is 363 Å². The van der Waals surface area contributed by atoms with Crippen LogP contribution in [0.1, 0.15) is 129 Å². The molecule has 0 bridgehead atoms. The average Bonchev–Trinajstić information content (AvgIpc) is 4.15. The molecule has 2 saturated carbocycles.